The van der Waals surface area contributed by atoms with E-state index in [4.69, 9.17) is 0 Å². The Morgan fingerprint density at radius 3 is 2.28 bits per heavy atom. The van der Waals surface area contributed by atoms with E-state index in [1.54, 1.807) is 0 Å². The van der Waals surface area contributed by atoms with Crippen molar-refractivity contribution in [3.8, 4) is 0 Å². The molecule has 0 radical (unpaired) electrons. The van der Waals surface area contributed by atoms with Gasteiger partial charge in [-0.25, -0.2) is 0 Å². The molecule has 4 atom stereocenters. The van der Waals surface area contributed by atoms with Crippen LogP contribution in [0.25, 0.3) is 0 Å². The lowest BCUT2D eigenvalue weighted by Gasteiger charge is -2.45. The minimum Gasteiger partial charge on any atom is -0.310 e. The molecule has 3 unspecified atom stereocenters. The highest BCUT2D eigenvalue weighted by Gasteiger charge is 2.59. The molecule has 18 heavy (non-hydrogen) atoms. The number of hydrogen-bond donors (Lipinski definition) is 1. The lowest BCUT2D eigenvalue weighted by Crippen LogP contribution is -2.54. The summed E-state index contributed by atoms with van der Waals surface area (Å²) in [4.78, 5) is 0. The van der Waals surface area contributed by atoms with Gasteiger partial charge in [-0.05, 0) is 61.7 Å². The summed E-state index contributed by atoms with van der Waals surface area (Å²) in [6, 6.07) is 1.48. The van der Waals surface area contributed by atoms with Gasteiger partial charge in [0.1, 0.15) is 0 Å². The smallest absolute Gasteiger partial charge is 0.0177 e. The fourth-order valence-electron chi connectivity index (χ4n) is 5.57. The van der Waals surface area contributed by atoms with Gasteiger partial charge in [0, 0.05) is 12.1 Å². The fraction of sp³-hybridized carbons (Fsp3) is 1.00. The van der Waals surface area contributed by atoms with E-state index in [0.29, 0.717) is 10.8 Å². The van der Waals surface area contributed by atoms with E-state index in [1.165, 1.54) is 44.9 Å². The van der Waals surface area contributed by atoms with E-state index >= 15 is 0 Å². The molecule has 3 aliphatic rings. The normalized spacial score (nSPS) is 44.7. The van der Waals surface area contributed by atoms with Crippen LogP contribution in [0.15, 0.2) is 0 Å². The first kappa shape index (κ1) is 13.0. The van der Waals surface area contributed by atoms with Crippen molar-refractivity contribution in [3.05, 3.63) is 0 Å². The quantitative estimate of drug-likeness (QED) is 0.783. The van der Waals surface area contributed by atoms with E-state index in [-0.39, 0.29) is 0 Å². The van der Waals surface area contributed by atoms with E-state index < -0.39 is 0 Å². The standard InChI is InChI=1S/C17H31N/c1-12(13-7-5-6-8-13)18-15-16(2,3)14-9-10-17(15,4)11-14/h12-15,18H,5-11H2,1-4H3/t12-,14?,15?,17?/m1/s1. The van der Waals surface area contributed by atoms with Crippen LogP contribution in [-0.2, 0) is 0 Å². The summed E-state index contributed by atoms with van der Waals surface area (Å²) in [5.74, 6) is 1.92. The van der Waals surface area contributed by atoms with Crippen LogP contribution >= 0.6 is 0 Å². The molecule has 3 rings (SSSR count). The minimum atomic E-state index is 0.514. The Bertz CT molecular complexity index is 311. The van der Waals surface area contributed by atoms with Crippen LogP contribution in [0.1, 0.15) is 72.6 Å². The van der Waals surface area contributed by atoms with Gasteiger partial charge < -0.3 is 5.32 Å². The molecule has 1 nitrogen and oxygen atoms in total. The molecule has 0 spiro atoms. The van der Waals surface area contributed by atoms with Gasteiger partial charge in [0.05, 0.1) is 0 Å². The lowest BCUT2D eigenvalue weighted by molar-refractivity contribution is 0.0922. The van der Waals surface area contributed by atoms with E-state index in [2.05, 4.69) is 33.0 Å². The molecule has 2 bridgehead atoms. The predicted octanol–water partition coefficient (Wildman–Crippen LogP) is 4.37. The number of hydrogen-bond acceptors (Lipinski definition) is 1. The average molecular weight is 249 g/mol. The molecule has 1 heteroatoms. The summed E-state index contributed by atoms with van der Waals surface area (Å²) >= 11 is 0. The van der Waals surface area contributed by atoms with E-state index in [1.807, 2.05) is 0 Å². The number of fused-ring (bicyclic) bond motifs is 2. The van der Waals surface area contributed by atoms with Crippen molar-refractivity contribution in [3.63, 3.8) is 0 Å². The predicted molar refractivity (Wildman–Crippen MR) is 77.6 cm³/mol. The summed E-state index contributed by atoms with van der Waals surface area (Å²) in [6.45, 7) is 10.0. The zero-order chi connectivity index (χ0) is 13.0. The molecule has 0 amide bonds. The Morgan fingerprint density at radius 1 is 1.06 bits per heavy atom. The highest BCUT2D eigenvalue weighted by atomic mass is 15.0. The summed E-state index contributed by atoms with van der Waals surface area (Å²) < 4.78 is 0. The third kappa shape index (κ3) is 1.85. The summed E-state index contributed by atoms with van der Waals surface area (Å²) in [5, 5.41) is 4.08. The largest absolute Gasteiger partial charge is 0.310 e. The van der Waals surface area contributed by atoms with Gasteiger partial charge in [-0.15, -0.1) is 0 Å². The summed E-state index contributed by atoms with van der Waals surface area (Å²) in [7, 11) is 0. The molecule has 3 aliphatic carbocycles. The number of rotatable bonds is 3. The van der Waals surface area contributed by atoms with Gasteiger partial charge in [0.15, 0.2) is 0 Å². The van der Waals surface area contributed by atoms with Gasteiger partial charge in [-0.1, -0.05) is 33.6 Å². The maximum atomic E-state index is 4.08. The van der Waals surface area contributed by atoms with Crippen LogP contribution in [0.3, 0.4) is 0 Å². The fourth-order valence-corrected chi connectivity index (χ4v) is 5.57. The molecule has 0 aliphatic heterocycles. The van der Waals surface area contributed by atoms with Crippen LogP contribution in [0, 0.1) is 22.7 Å². The molecule has 1 N–H and O–H groups in total. The Kier molecular flexibility index (Phi) is 3.05. The van der Waals surface area contributed by atoms with Gasteiger partial charge in [0.25, 0.3) is 0 Å². The van der Waals surface area contributed by atoms with Gasteiger partial charge in [-0.2, -0.15) is 0 Å². The SMILES string of the molecule is C[C@@H](NC1C2(C)CCC(C2)C1(C)C)C1CCCC1. The third-order valence-corrected chi connectivity index (χ3v) is 6.81. The molecule has 0 aromatic carbocycles. The molecule has 0 saturated heterocycles. The number of nitrogens with one attached hydrogen (secondary N) is 1. The van der Waals surface area contributed by atoms with Gasteiger partial charge in [-0.3, -0.25) is 0 Å². The van der Waals surface area contributed by atoms with Gasteiger partial charge >= 0.3 is 0 Å². The molecule has 104 valence electrons. The lowest BCUT2D eigenvalue weighted by atomic mass is 9.68. The van der Waals surface area contributed by atoms with Crippen LogP contribution < -0.4 is 5.32 Å². The first-order chi connectivity index (χ1) is 8.43. The highest BCUT2D eigenvalue weighted by molar-refractivity contribution is 5.12. The van der Waals surface area contributed by atoms with Crippen LogP contribution in [0.4, 0.5) is 0 Å². The molecular formula is C17H31N. The average Bonchev–Trinajstić information content (AvgIpc) is 2.96. The Balaban J connectivity index is 1.71. The topological polar surface area (TPSA) is 12.0 Å². The monoisotopic (exact) mass is 249 g/mol. The molecule has 0 heterocycles. The van der Waals surface area contributed by atoms with Crippen molar-refractivity contribution in [2.45, 2.75) is 84.7 Å². The molecular weight excluding hydrogens is 218 g/mol. The second-order valence-corrected chi connectivity index (χ2v) is 8.35. The van der Waals surface area contributed by atoms with Crippen molar-refractivity contribution in [1.82, 2.24) is 5.32 Å². The van der Waals surface area contributed by atoms with Crippen molar-refractivity contribution >= 4 is 0 Å². The minimum absolute atomic E-state index is 0.514. The maximum Gasteiger partial charge on any atom is 0.0177 e. The second kappa shape index (κ2) is 4.23. The Labute approximate surface area is 113 Å². The van der Waals surface area contributed by atoms with Crippen LogP contribution in [0.2, 0.25) is 0 Å². The molecule has 0 aromatic rings. The van der Waals surface area contributed by atoms with E-state index in [0.717, 1.165) is 23.9 Å². The Morgan fingerprint density at radius 2 is 1.72 bits per heavy atom. The molecule has 3 fully saturated rings. The zero-order valence-electron chi connectivity index (χ0n) is 12.8. The van der Waals surface area contributed by atoms with Crippen LogP contribution in [0.5, 0.6) is 0 Å². The Hall–Kier alpha value is -0.0400. The molecule has 3 saturated carbocycles. The zero-order valence-corrected chi connectivity index (χ0v) is 12.8. The first-order valence-corrected chi connectivity index (χ1v) is 8.19. The van der Waals surface area contributed by atoms with Crippen molar-refractivity contribution in [2.24, 2.45) is 22.7 Å². The second-order valence-electron chi connectivity index (χ2n) is 8.35. The van der Waals surface area contributed by atoms with Crippen molar-refractivity contribution in [1.29, 1.82) is 0 Å². The third-order valence-electron chi connectivity index (χ3n) is 6.81. The van der Waals surface area contributed by atoms with Crippen molar-refractivity contribution in [2.75, 3.05) is 0 Å². The van der Waals surface area contributed by atoms with Crippen LogP contribution in [-0.4, -0.2) is 12.1 Å². The summed E-state index contributed by atoms with van der Waals surface area (Å²) in [5.41, 5.74) is 1.10. The maximum absolute atomic E-state index is 4.08. The van der Waals surface area contributed by atoms with E-state index in [9.17, 15) is 0 Å². The van der Waals surface area contributed by atoms with Crippen molar-refractivity contribution < 1.29 is 0 Å². The molecule has 0 aromatic heterocycles. The highest BCUT2D eigenvalue weighted by Crippen LogP contribution is 2.62. The summed E-state index contributed by atoms with van der Waals surface area (Å²) in [6.07, 6.45) is 10.2. The van der Waals surface area contributed by atoms with Gasteiger partial charge in [0.2, 0.25) is 0 Å². The first-order valence-electron chi connectivity index (χ1n) is 8.19.